The Morgan fingerprint density at radius 1 is 1.45 bits per heavy atom. The molecule has 2 aliphatic carbocycles. The van der Waals surface area contributed by atoms with Crippen molar-refractivity contribution in [3.63, 3.8) is 0 Å². The van der Waals surface area contributed by atoms with Crippen molar-refractivity contribution in [3.8, 4) is 0 Å². The lowest BCUT2D eigenvalue weighted by Gasteiger charge is -2.23. The van der Waals surface area contributed by atoms with E-state index in [1.165, 1.54) is 0 Å². The SMILES string of the molecule is CC1=C(O)C2(O)CCC1([SiH3])C2. The summed E-state index contributed by atoms with van der Waals surface area (Å²) in [5.74, 6) is 0.277. The first kappa shape index (κ1) is 7.37. The predicted molar refractivity (Wildman–Crippen MR) is 46.8 cm³/mol. The lowest BCUT2D eigenvalue weighted by atomic mass is 9.96. The molecule has 11 heavy (non-hydrogen) atoms. The van der Waals surface area contributed by atoms with Crippen LogP contribution in [-0.4, -0.2) is 26.1 Å². The molecule has 2 nitrogen and oxygen atoms in total. The molecule has 2 bridgehead atoms. The van der Waals surface area contributed by atoms with E-state index < -0.39 is 5.60 Å². The summed E-state index contributed by atoms with van der Waals surface area (Å²) in [5.41, 5.74) is 0.226. The van der Waals surface area contributed by atoms with Crippen LogP contribution in [0.15, 0.2) is 11.3 Å². The van der Waals surface area contributed by atoms with Crippen LogP contribution in [0.5, 0.6) is 0 Å². The van der Waals surface area contributed by atoms with Crippen LogP contribution in [0, 0.1) is 0 Å². The number of aliphatic hydroxyl groups excluding tert-OH is 1. The van der Waals surface area contributed by atoms with Crippen LogP contribution in [0.3, 0.4) is 0 Å². The molecule has 0 aromatic rings. The van der Waals surface area contributed by atoms with Gasteiger partial charge in [0.2, 0.25) is 0 Å². The van der Waals surface area contributed by atoms with Gasteiger partial charge in [0.15, 0.2) is 0 Å². The quantitative estimate of drug-likeness (QED) is 0.512. The standard InChI is InChI=1S/C8H14O2Si/c1-5-6(9)7(10)2-3-8(5,11)4-7/h9-10H,2-4H2,1,11H3. The summed E-state index contributed by atoms with van der Waals surface area (Å²) in [6.07, 6.45) is 2.62. The summed E-state index contributed by atoms with van der Waals surface area (Å²) in [4.78, 5) is 0. The second-order valence-corrected chi connectivity index (χ2v) is 6.16. The van der Waals surface area contributed by atoms with Gasteiger partial charge in [-0.05, 0) is 36.8 Å². The summed E-state index contributed by atoms with van der Waals surface area (Å²) in [6.45, 7) is 1.96. The molecule has 2 N–H and O–H groups in total. The van der Waals surface area contributed by atoms with Crippen LogP contribution in [0.25, 0.3) is 0 Å². The second-order valence-electron chi connectivity index (χ2n) is 4.24. The molecule has 0 radical (unpaired) electrons. The first-order chi connectivity index (χ1) is 4.98. The molecule has 2 rings (SSSR count). The van der Waals surface area contributed by atoms with E-state index in [4.69, 9.17) is 0 Å². The Morgan fingerprint density at radius 2 is 2.09 bits per heavy atom. The van der Waals surface area contributed by atoms with Gasteiger partial charge in [-0.3, -0.25) is 0 Å². The van der Waals surface area contributed by atoms with Crippen molar-refractivity contribution in [2.75, 3.05) is 0 Å². The van der Waals surface area contributed by atoms with Crippen molar-refractivity contribution >= 4 is 10.2 Å². The number of hydrogen-bond donors (Lipinski definition) is 2. The van der Waals surface area contributed by atoms with E-state index in [9.17, 15) is 10.2 Å². The van der Waals surface area contributed by atoms with Gasteiger partial charge in [0.1, 0.15) is 11.4 Å². The number of hydrogen-bond acceptors (Lipinski definition) is 2. The zero-order valence-electron chi connectivity index (χ0n) is 7.02. The zero-order valence-corrected chi connectivity index (χ0v) is 9.02. The second kappa shape index (κ2) is 1.72. The smallest absolute Gasteiger partial charge is 0.123 e. The Labute approximate surface area is 69.4 Å². The van der Waals surface area contributed by atoms with E-state index in [1.807, 2.05) is 6.92 Å². The van der Waals surface area contributed by atoms with E-state index in [-0.39, 0.29) is 10.8 Å². The molecular formula is C8H14O2Si. The molecule has 2 atom stereocenters. The summed E-state index contributed by atoms with van der Waals surface area (Å²) in [5, 5.41) is 19.6. The van der Waals surface area contributed by atoms with E-state index in [1.54, 1.807) is 0 Å². The van der Waals surface area contributed by atoms with Crippen molar-refractivity contribution in [2.45, 2.75) is 36.8 Å². The molecule has 0 heterocycles. The number of aliphatic hydroxyl groups is 2. The third-order valence-electron chi connectivity index (χ3n) is 3.47. The van der Waals surface area contributed by atoms with Crippen LogP contribution >= 0.6 is 0 Å². The van der Waals surface area contributed by atoms with Gasteiger partial charge < -0.3 is 10.2 Å². The highest BCUT2D eigenvalue weighted by molar-refractivity contribution is 6.18. The van der Waals surface area contributed by atoms with E-state index in [0.717, 1.165) is 35.1 Å². The summed E-state index contributed by atoms with van der Waals surface area (Å²) in [7, 11) is 1.05. The molecule has 1 saturated carbocycles. The molecule has 0 spiro atoms. The van der Waals surface area contributed by atoms with Crippen LogP contribution in [0.4, 0.5) is 0 Å². The van der Waals surface area contributed by atoms with Crippen molar-refractivity contribution in [2.24, 2.45) is 0 Å². The Hall–Kier alpha value is -0.283. The van der Waals surface area contributed by atoms with Gasteiger partial charge in [-0.25, -0.2) is 0 Å². The maximum absolute atomic E-state index is 9.86. The van der Waals surface area contributed by atoms with Crippen molar-refractivity contribution in [1.82, 2.24) is 0 Å². The highest BCUT2D eigenvalue weighted by atomic mass is 28.1. The number of rotatable bonds is 0. The topological polar surface area (TPSA) is 40.5 Å². The predicted octanol–water partition coefficient (Wildman–Crippen LogP) is 0.271. The average molecular weight is 170 g/mol. The lowest BCUT2D eigenvalue weighted by molar-refractivity contribution is 0.0473. The van der Waals surface area contributed by atoms with Gasteiger partial charge in [0, 0.05) is 10.2 Å². The highest BCUT2D eigenvalue weighted by Gasteiger charge is 2.55. The molecule has 0 aliphatic heterocycles. The van der Waals surface area contributed by atoms with E-state index >= 15 is 0 Å². The van der Waals surface area contributed by atoms with Crippen LogP contribution in [0.2, 0.25) is 5.04 Å². The molecule has 1 fully saturated rings. The summed E-state index contributed by atoms with van der Waals surface area (Å²) >= 11 is 0. The van der Waals surface area contributed by atoms with Crippen molar-refractivity contribution in [3.05, 3.63) is 11.3 Å². The minimum atomic E-state index is -0.828. The third-order valence-corrected chi connectivity index (χ3v) is 5.08. The van der Waals surface area contributed by atoms with Crippen molar-refractivity contribution < 1.29 is 10.2 Å². The zero-order chi connectivity index (χ0) is 8.28. The number of fused-ring (bicyclic) bond motifs is 2. The van der Waals surface area contributed by atoms with Gasteiger partial charge in [-0.1, -0.05) is 0 Å². The molecule has 0 amide bonds. The van der Waals surface area contributed by atoms with Crippen LogP contribution in [0.1, 0.15) is 26.2 Å². The fourth-order valence-corrected chi connectivity index (χ4v) is 3.53. The Bertz CT molecular complexity index is 224. The first-order valence-electron chi connectivity index (χ1n) is 4.11. The molecule has 2 unspecified atom stereocenters. The molecule has 0 aromatic carbocycles. The summed E-state index contributed by atoms with van der Waals surface area (Å²) in [6, 6.07) is 0. The van der Waals surface area contributed by atoms with Crippen LogP contribution < -0.4 is 0 Å². The van der Waals surface area contributed by atoms with Crippen molar-refractivity contribution in [1.29, 1.82) is 0 Å². The van der Waals surface area contributed by atoms with E-state index in [0.29, 0.717) is 0 Å². The minimum Gasteiger partial charge on any atom is -0.509 e. The first-order valence-corrected chi connectivity index (χ1v) is 5.11. The fourth-order valence-electron chi connectivity index (χ4n) is 2.46. The fraction of sp³-hybridized carbons (Fsp3) is 0.750. The molecule has 2 aliphatic rings. The highest BCUT2D eigenvalue weighted by Crippen LogP contribution is 2.61. The van der Waals surface area contributed by atoms with Gasteiger partial charge in [-0.2, -0.15) is 0 Å². The largest absolute Gasteiger partial charge is 0.509 e. The molecule has 0 saturated heterocycles. The van der Waals surface area contributed by atoms with E-state index in [2.05, 4.69) is 0 Å². The average Bonchev–Trinajstić information content (AvgIpc) is 2.32. The summed E-state index contributed by atoms with van der Waals surface area (Å²) < 4.78 is 0. The monoisotopic (exact) mass is 170 g/mol. The third kappa shape index (κ3) is 0.702. The minimum absolute atomic E-state index is 0.221. The van der Waals surface area contributed by atoms with Gasteiger partial charge in [-0.15, -0.1) is 0 Å². The lowest BCUT2D eigenvalue weighted by Crippen LogP contribution is -2.25. The molecular weight excluding hydrogens is 156 g/mol. The normalized spacial score (nSPS) is 49.3. The Morgan fingerprint density at radius 3 is 2.36 bits per heavy atom. The Balaban J connectivity index is 2.52. The van der Waals surface area contributed by atoms with Gasteiger partial charge in [0.25, 0.3) is 0 Å². The number of allylic oxidation sites excluding steroid dienone is 1. The van der Waals surface area contributed by atoms with Crippen LogP contribution in [-0.2, 0) is 0 Å². The van der Waals surface area contributed by atoms with Gasteiger partial charge >= 0.3 is 0 Å². The maximum atomic E-state index is 9.86. The maximum Gasteiger partial charge on any atom is 0.123 e. The van der Waals surface area contributed by atoms with Gasteiger partial charge in [0.05, 0.1) is 0 Å². The molecule has 0 aromatic heterocycles. The Kier molecular flexibility index (Phi) is 1.15. The molecule has 3 heteroatoms. The molecule has 62 valence electrons.